The zero-order chi connectivity index (χ0) is 22.7. The van der Waals surface area contributed by atoms with Crippen LogP contribution in [0.5, 0.6) is 0 Å². The summed E-state index contributed by atoms with van der Waals surface area (Å²) in [4.78, 5) is 41.7. The first kappa shape index (κ1) is 27.4. The topological polar surface area (TPSA) is 95.9 Å². The molecule has 0 aliphatic carbocycles. The summed E-state index contributed by atoms with van der Waals surface area (Å²) in [7, 11) is 2.82. The summed E-state index contributed by atoms with van der Waals surface area (Å²) < 4.78 is 4.83. The first-order valence-electron chi connectivity index (χ1n) is 9.90. The molecule has 0 bridgehead atoms. The number of rotatable bonds is 11. The van der Waals surface area contributed by atoms with Crippen molar-refractivity contribution < 1.29 is 24.2 Å². The zero-order valence-electron chi connectivity index (χ0n) is 18.5. The van der Waals surface area contributed by atoms with E-state index in [1.165, 1.54) is 19.1 Å². The molecule has 0 saturated heterocycles. The molecule has 0 unspecified atom stereocenters. The van der Waals surface area contributed by atoms with Crippen LogP contribution in [-0.2, 0) is 19.1 Å². The number of likely N-dealkylation sites (N-methyl/N-ethyl adjacent to an activating group) is 1. The molecule has 7 nitrogen and oxygen atoms in total. The average molecular weight is 475 g/mol. The van der Waals surface area contributed by atoms with Gasteiger partial charge in [0.1, 0.15) is 12.1 Å². The first-order chi connectivity index (χ1) is 13.5. The third-order valence-corrected chi connectivity index (χ3v) is 5.21. The molecule has 0 aliphatic heterocycles. The van der Waals surface area contributed by atoms with E-state index in [0.29, 0.717) is 19.3 Å². The zero-order valence-corrected chi connectivity index (χ0v) is 20.1. The van der Waals surface area contributed by atoms with Gasteiger partial charge in [0, 0.05) is 29.4 Å². The number of amides is 2. The van der Waals surface area contributed by atoms with Gasteiger partial charge < -0.3 is 20.1 Å². The minimum Gasteiger partial charge on any atom is -0.467 e. The van der Waals surface area contributed by atoms with E-state index in [0.717, 1.165) is 0 Å². The Labute approximate surface area is 183 Å². The number of hydrogen-bond donors (Lipinski definition) is 2. The number of aliphatic hydroxyl groups is 1. The lowest BCUT2D eigenvalue weighted by atomic mass is 9.95. The van der Waals surface area contributed by atoms with Crippen LogP contribution in [0.3, 0.4) is 0 Å². The van der Waals surface area contributed by atoms with Gasteiger partial charge in [-0.2, -0.15) is 0 Å². The summed E-state index contributed by atoms with van der Waals surface area (Å²) in [5.74, 6) is 0.559. The van der Waals surface area contributed by atoms with Crippen molar-refractivity contribution in [1.82, 2.24) is 10.2 Å². The van der Waals surface area contributed by atoms with Gasteiger partial charge in [0.2, 0.25) is 11.8 Å². The molecular weight excluding hydrogens is 440 g/mol. The van der Waals surface area contributed by atoms with Crippen LogP contribution in [0.25, 0.3) is 0 Å². The van der Waals surface area contributed by atoms with Crippen molar-refractivity contribution in [3.05, 3.63) is 0 Å². The highest BCUT2D eigenvalue weighted by molar-refractivity contribution is 9.12. The number of ether oxygens (including phenoxy) is 1. The van der Waals surface area contributed by atoms with Crippen molar-refractivity contribution in [3.63, 3.8) is 0 Å². The van der Waals surface area contributed by atoms with Crippen LogP contribution in [0.15, 0.2) is 0 Å². The maximum Gasteiger partial charge on any atom is 0.328 e. The molecule has 0 radical (unpaired) electrons. The maximum atomic E-state index is 13.0. The number of methoxy groups -OCH3 is 1. The van der Waals surface area contributed by atoms with Crippen molar-refractivity contribution in [2.24, 2.45) is 17.8 Å². The van der Waals surface area contributed by atoms with E-state index in [1.54, 1.807) is 6.92 Å². The van der Waals surface area contributed by atoms with Crippen LogP contribution < -0.4 is 5.32 Å². The second kappa shape index (κ2) is 13.6. The van der Waals surface area contributed by atoms with Gasteiger partial charge in [-0.05, 0) is 29.5 Å². The van der Waals surface area contributed by atoms with Crippen molar-refractivity contribution >= 4 is 33.7 Å². The minimum atomic E-state index is -0.828. The molecule has 8 heteroatoms. The molecule has 29 heavy (non-hydrogen) atoms. The minimum absolute atomic E-state index is 0.150. The van der Waals surface area contributed by atoms with E-state index in [-0.39, 0.29) is 17.7 Å². The summed E-state index contributed by atoms with van der Waals surface area (Å²) in [6.07, 6.45) is 0.903. The van der Waals surface area contributed by atoms with Crippen molar-refractivity contribution in [2.75, 3.05) is 14.2 Å². The third kappa shape index (κ3) is 8.75. The second-order valence-electron chi connectivity index (χ2n) is 7.91. The quantitative estimate of drug-likeness (QED) is 0.272. The van der Waals surface area contributed by atoms with E-state index < -0.39 is 36.0 Å². The molecule has 0 saturated carbocycles. The molecule has 4 atom stereocenters. The van der Waals surface area contributed by atoms with Gasteiger partial charge in [-0.15, -0.1) is 0 Å². The Balaban J connectivity index is 5.20. The van der Waals surface area contributed by atoms with Crippen molar-refractivity contribution in [3.8, 4) is 10.8 Å². The van der Waals surface area contributed by atoms with Crippen LogP contribution >= 0.6 is 15.9 Å². The summed E-state index contributed by atoms with van der Waals surface area (Å²) in [5.41, 5.74) is 0. The Morgan fingerprint density at radius 1 is 1.14 bits per heavy atom. The van der Waals surface area contributed by atoms with Crippen LogP contribution in [0.4, 0.5) is 0 Å². The predicted octanol–water partition coefficient (Wildman–Crippen LogP) is 2.31. The number of hydrogen-bond acceptors (Lipinski definition) is 5. The molecule has 2 N–H and O–H groups in total. The number of halogens is 1. The molecule has 0 aromatic carbocycles. The molecule has 0 aromatic heterocycles. The molecule has 0 aliphatic rings. The Morgan fingerprint density at radius 2 is 1.72 bits per heavy atom. The average Bonchev–Trinajstić information content (AvgIpc) is 2.67. The van der Waals surface area contributed by atoms with Gasteiger partial charge in [0.15, 0.2) is 0 Å². The molecule has 0 rings (SSSR count). The number of carbonyl (C=O) groups excluding carboxylic acids is 3. The number of esters is 1. The smallest absolute Gasteiger partial charge is 0.328 e. The van der Waals surface area contributed by atoms with Gasteiger partial charge in [-0.25, -0.2) is 4.79 Å². The number of aliphatic hydroxyl groups excluding tert-OH is 1. The highest BCUT2D eigenvalue weighted by atomic mass is 79.9. The number of nitrogens with zero attached hydrogens (tertiary/aromatic N) is 1. The lowest BCUT2D eigenvalue weighted by Gasteiger charge is -2.34. The number of carbonyl (C=O) groups is 3. The molecular formula is C21H35BrN2O5. The second-order valence-corrected chi connectivity index (χ2v) is 8.31. The maximum absolute atomic E-state index is 13.0. The Morgan fingerprint density at radius 3 is 2.17 bits per heavy atom. The van der Waals surface area contributed by atoms with Crippen molar-refractivity contribution in [2.45, 2.75) is 72.1 Å². The molecule has 0 aromatic rings. The Kier molecular flexibility index (Phi) is 12.9. The lowest BCUT2D eigenvalue weighted by molar-refractivity contribution is -0.155. The first-order valence-corrected chi connectivity index (χ1v) is 10.7. The predicted molar refractivity (Wildman–Crippen MR) is 116 cm³/mol. The van der Waals surface area contributed by atoms with Crippen LogP contribution in [0.2, 0.25) is 0 Å². The molecule has 0 spiro atoms. The monoisotopic (exact) mass is 474 g/mol. The van der Waals surface area contributed by atoms with Crippen LogP contribution in [-0.4, -0.2) is 60.1 Å². The summed E-state index contributed by atoms with van der Waals surface area (Å²) in [6, 6.07) is -1.56. The van der Waals surface area contributed by atoms with E-state index in [4.69, 9.17) is 4.74 Å². The normalized spacial score (nSPS) is 15.0. The van der Waals surface area contributed by atoms with Crippen LogP contribution in [0.1, 0.15) is 53.9 Å². The van der Waals surface area contributed by atoms with Crippen molar-refractivity contribution in [1.29, 1.82) is 0 Å². The SMILES string of the molecule is COC(=O)[C@H](C(C)C)N(C)C(=O)[C@@H](NC(=O)[C@@H](C)[C@H](O)CCCC#CBr)C(C)C. The van der Waals surface area contributed by atoms with E-state index >= 15 is 0 Å². The van der Waals surface area contributed by atoms with E-state index in [9.17, 15) is 19.5 Å². The molecule has 0 fully saturated rings. The fourth-order valence-corrected chi connectivity index (χ4v) is 3.22. The fourth-order valence-electron chi connectivity index (χ4n) is 3.02. The summed E-state index contributed by atoms with van der Waals surface area (Å²) in [5, 5.41) is 13.0. The number of nitrogens with one attached hydrogen (secondary N) is 1. The Bertz CT molecular complexity index is 612. The third-order valence-electron chi connectivity index (χ3n) is 4.93. The lowest BCUT2D eigenvalue weighted by Crippen LogP contribution is -2.56. The van der Waals surface area contributed by atoms with Gasteiger partial charge in [0.25, 0.3) is 0 Å². The Hall–Kier alpha value is -1.59. The highest BCUT2D eigenvalue weighted by Crippen LogP contribution is 2.17. The summed E-state index contributed by atoms with van der Waals surface area (Å²) in [6.45, 7) is 8.92. The standard InChI is InChI=1S/C21H35BrN2O5/c1-13(2)17(20(27)24(6)18(14(3)4)21(28)29-7)23-19(26)15(5)16(25)11-9-8-10-12-22/h13-18,25H,8-9,11H2,1-7H3,(H,23,26)/t15-,16+,17-,18-/m0/s1. The van der Waals surface area contributed by atoms with E-state index in [1.807, 2.05) is 27.7 Å². The fraction of sp³-hybridized carbons (Fsp3) is 0.762. The van der Waals surface area contributed by atoms with Gasteiger partial charge in [0.05, 0.1) is 19.1 Å². The van der Waals surface area contributed by atoms with Gasteiger partial charge >= 0.3 is 5.97 Å². The van der Waals surface area contributed by atoms with Crippen LogP contribution in [0, 0.1) is 28.5 Å². The molecule has 166 valence electrons. The van der Waals surface area contributed by atoms with Gasteiger partial charge in [-0.1, -0.05) is 40.5 Å². The summed E-state index contributed by atoms with van der Waals surface area (Å²) >= 11 is 3.01. The van der Waals surface area contributed by atoms with Gasteiger partial charge in [-0.3, -0.25) is 9.59 Å². The molecule has 0 heterocycles. The molecule has 2 amide bonds. The van der Waals surface area contributed by atoms with E-state index in [2.05, 4.69) is 32.0 Å². The number of unbranched alkanes of at least 4 members (excludes halogenated alkanes) is 1. The highest BCUT2D eigenvalue weighted by Gasteiger charge is 2.36. The largest absolute Gasteiger partial charge is 0.467 e.